The molecule has 0 N–H and O–H groups in total. The van der Waals surface area contributed by atoms with Crippen molar-refractivity contribution in [2.45, 2.75) is 6.61 Å². The maximum absolute atomic E-state index is 12.1. The first-order valence-corrected chi connectivity index (χ1v) is 8.46. The molecule has 4 rings (SSSR count). The number of pyridine rings is 1. The van der Waals surface area contributed by atoms with Gasteiger partial charge in [-0.25, -0.2) is 4.79 Å². The van der Waals surface area contributed by atoms with Crippen molar-refractivity contribution in [3.8, 4) is 0 Å². The minimum Gasteiger partial charge on any atom is -0.458 e. The lowest BCUT2D eigenvalue weighted by atomic mass is 10.1. The highest BCUT2D eigenvalue weighted by molar-refractivity contribution is 5.93. The highest BCUT2D eigenvalue weighted by Crippen LogP contribution is 2.20. The Labute approximate surface area is 151 Å². The van der Waals surface area contributed by atoms with Crippen molar-refractivity contribution >= 4 is 33.7 Å². The van der Waals surface area contributed by atoms with Crippen LogP contribution in [-0.2, 0) is 16.1 Å². The fraction of sp³-hybridized carbons (Fsp3) is 0.0435. The molecule has 3 aromatic carbocycles. The van der Waals surface area contributed by atoms with E-state index in [1.807, 2.05) is 72.8 Å². The van der Waals surface area contributed by atoms with E-state index in [0.717, 1.165) is 32.8 Å². The van der Waals surface area contributed by atoms with Crippen molar-refractivity contribution in [3.05, 3.63) is 96.2 Å². The highest BCUT2D eigenvalue weighted by atomic mass is 16.5. The van der Waals surface area contributed by atoms with Crippen LogP contribution in [0.25, 0.3) is 27.8 Å². The number of nitrogens with zero attached hydrogens (tertiary/aromatic N) is 1. The minimum atomic E-state index is -0.370. The number of hydrogen-bond acceptors (Lipinski definition) is 3. The number of carbonyl (C=O) groups excluding carboxylic acids is 1. The average Bonchev–Trinajstić information content (AvgIpc) is 2.70. The normalized spacial score (nSPS) is 11.2. The molecule has 4 aromatic rings. The van der Waals surface area contributed by atoms with E-state index in [9.17, 15) is 4.79 Å². The standard InChI is InChI=1S/C23H17NO2/c25-22(14-13-19-9-4-8-18-11-5-15-24-23(18)19)26-16-20-10-3-7-17-6-1-2-12-21(17)20/h1-15H,16H2/b14-13+. The van der Waals surface area contributed by atoms with Crippen LogP contribution in [-0.4, -0.2) is 11.0 Å². The van der Waals surface area contributed by atoms with E-state index in [4.69, 9.17) is 4.74 Å². The Morgan fingerprint density at radius 3 is 2.62 bits per heavy atom. The molecule has 126 valence electrons. The molecule has 0 aliphatic carbocycles. The molecule has 0 bridgehead atoms. The molecular weight excluding hydrogens is 322 g/mol. The van der Waals surface area contributed by atoms with Gasteiger partial charge in [0.1, 0.15) is 6.61 Å². The van der Waals surface area contributed by atoms with E-state index in [0.29, 0.717) is 0 Å². The molecule has 0 atom stereocenters. The van der Waals surface area contributed by atoms with Crippen LogP contribution >= 0.6 is 0 Å². The van der Waals surface area contributed by atoms with Gasteiger partial charge in [0.05, 0.1) is 5.52 Å². The molecule has 26 heavy (non-hydrogen) atoms. The molecule has 3 nitrogen and oxygen atoms in total. The molecule has 0 saturated heterocycles. The van der Waals surface area contributed by atoms with Crippen LogP contribution in [0.3, 0.4) is 0 Å². The van der Waals surface area contributed by atoms with Gasteiger partial charge in [-0.05, 0) is 28.5 Å². The van der Waals surface area contributed by atoms with Crippen LogP contribution in [0.1, 0.15) is 11.1 Å². The SMILES string of the molecule is O=C(/C=C/c1cccc2cccnc12)OCc1cccc2ccccc12. The Balaban J connectivity index is 1.49. The predicted octanol–water partition coefficient (Wildman–Crippen LogP) is 5.14. The van der Waals surface area contributed by atoms with Gasteiger partial charge in [-0.1, -0.05) is 66.7 Å². The van der Waals surface area contributed by atoms with Gasteiger partial charge in [0.2, 0.25) is 0 Å². The van der Waals surface area contributed by atoms with Crippen molar-refractivity contribution in [2.75, 3.05) is 0 Å². The second-order valence-corrected chi connectivity index (χ2v) is 6.00. The quantitative estimate of drug-likeness (QED) is 0.381. The Bertz CT molecular complexity index is 1100. The van der Waals surface area contributed by atoms with E-state index in [2.05, 4.69) is 4.98 Å². The summed E-state index contributed by atoms with van der Waals surface area (Å²) in [4.78, 5) is 16.5. The van der Waals surface area contributed by atoms with Crippen LogP contribution in [0.15, 0.2) is 85.1 Å². The highest BCUT2D eigenvalue weighted by Gasteiger charge is 2.04. The number of carbonyl (C=O) groups is 1. The summed E-state index contributed by atoms with van der Waals surface area (Å²) in [6.45, 7) is 0.248. The van der Waals surface area contributed by atoms with Crippen molar-refractivity contribution < 1.29 is 9.53 Å². The minimum absolute atomic E-state index is 0.248. The van der Waals surface area contributed by atoms with E-state index in [1.54, 1.807) is 12.3 Å². The summed E-state index contributed by atoms with van der Waals surface area (Å²) in [6.07, 6.45) is 4.95. The first-order chi connectivity index (χ1) is 12.8. The molecule has 0 unspecified atom stereocenters. The van der Waals surface area contributed by atoms with E-state index < -0.39 is 0 Å². The lowest BCUT2D eigenvalue weighted by Crippen LogP contribution is -2.01. The first-order valence-electron chi connectivity index (χ1n) is 8.46. The van der Waals surface area contributed by atoms with Crippen molar-refractivity contribution in [1.29, 1.82) is 0 Å². The molecule has 0 saturated carbocycles. The van der Waals surface area contributed by atoms with Gasteiger partial charge in [-0.3, -0.25) is 4.98 Å². The van der Waals surface area contributed by atoms with Crippen molar-refractivity contribution in [2.24, 2.45) is 0 Å². The van der Waals surface area contributed by atoms with Crippen LogP contribution in [0, 0.1) is 0 Å². The molecule has 0 fully saturated rings. The van der Waals surface area contributed by atoms with Gasteiger partial charge < -0.3 is 4.74 Å². The number of esters is 1. The van der Waals surface area contributed by atoms with Crippen LogP contribution in [0.5, 0.6) is 0 Å². The van der Waals surface area contributed by atoms with Crippen molar-refractivity contribution in [1.82, 2.24) is 4.98 Å². The number of benzene rings is 3. The van der Waals surface area contributed by atoms with Crippen LogP contribution in [0.4, 0.5) is 0 Å². The largest absolute Gasteiger partial charge is 0.458 e. The molecule has 0 aliphatic rings. The first kappa shape index (κ1) is 16.0. The van der Waals surface area contributed by atoms with Gasteiger partial charge in [-0.15, -0.1) is 0 Å². The van der Waals surface area contributed by atoms with Gasteiger partial charge in [0.15, 0.2) is 0 Å². The molecule has 0 radical (unpaired) electrons. The van der Waals surface area contributed by atoms with Gasteiger partial charge in [-0.2, -0.15) is 0 Å². The molecule has 1 aromatic heterocycles. The summed E-state index contributed by atoms with van der Waals surface area (Å²) in [7, 11) is 0. The number of fused-ring (bicyclic) bond motifs is 2. The summed E-state index contributed by atoms with van der Waals surface area (Å²) in [5.41, 5.74) is 2.76. The predicted molar refractivity (Wildman–Crippen MR) is 105 cm³/mol. The van der Waals surface area contributed by atoms with Gasteiger partial charge >= 0.3 is 5.97 Å². The zero-order valence-electron chi connectivity index (χ0n) is 14.1. The average molecular weight is 339 g/mol. The van der Waals surface area contributed by atoms with Gasteiger partial charge in [0, 0.05) is 23.2 Å². The number of rotatable bonds is 4. The Morgan fingerprint density at radius 1 is 0.885 bits per heavy atom. The molecule has 0 spiro atoms. The number of ether oxygens (including phenoxy) is 1. The lowest BCUT2D eigenvalue weighted by molar-refractivity contribution is -0.138. The topological polar surface area (TPSA) is 39.2 Å². The lowest BCUT2D eigenvalue weighted by Gasteiger charge is -2.06. The zero-order valence-corrected chi connectivity index (χ0v) is 14.1. The van der Waals surface area contributed by atoms with Crippen LogP contribution < -0.4 is 0 Å². The Morgan fingerprint density at radius 2 is 1.65 bits per heavy atom. The second-order valence-electron chi connectivity index (χ2n) is 6.00. The summed E-state index contributed by atoms with van der Waals surface area (Å²) in [6, 6.07) is 23.9. The Hall–Kier alpha value is -3.46. The fourth-order valence-corrected chi connectivity index (χ4v) is 3.04. The van der Waals surface area contributed by atoms with E-state index in [1.165, 1.54) is 6.08 Å². The number of hydrogen-bond donors (Lipinski definition) is 0. The summed E-state index contributed by atoms with van der Waals surface area (Å²) in [5, 5.41) is 3.28. The molecule has 0 aliphatic heterocycles. The summed E-state index contributed by atoms with van der Waals surface area (Å²) in [5.74, 6) is -0.370. The smallest absolute Gasteiger partial charge is 0.331 e. The van der Waals surface area contributed by atoms with E-state index >= 15 is 0 Å². The zero-order chi connectivity index (χ0) is 17.8. The van der Waals surface area contributed by atoms with Crippen LogP contribution in [0.2, 0.25) is 0 Å². The van der Waals surface area contributed by atoms with Crippen molar-refractivity contribution in [3.63, 3.8) is 0 Å². The Kier molecular flexibility index (Phi) is 4.44. The molecule has 0 amide bonds. The summed E-state index contributed by atoms with van der Waals surface area (Å²) < 4.78 is 5.42. The maximum Gasteiger partial charge on any atom is 0.331 e. The fourth-order valence-electron chi connectivity index (χ4n) is 3.04. The number of para-hydroxylation sites is 1. The summed E-state index contributed by atoms with van der Waals surface area (Å²) >= 11 is 0. The third kappa shape index (κ3) is 3.33. The molecule has 1 heterocycles. The van der Waals surface area contributed by atoms with Gasteiger partial charge in [0.25, 0.3) is 0 Å². The third-order valence-electron chi connectivity index (χ3n) is 4.31. The monoisotopic (exact) mass is 339 g/mol. The number of aromatic nitrogens is 1. The maximum atomic E-state index is 12.1. The second kappa shape index (κ2) is 7.19. The third-order valence-corrected chi connectivity index (χ3v) is 4.31. The van der Waals surface area contributed by atoms with E-state index in [-0.39, 0.29) is 12.6 Å². The molecule has 3 heteroatoms. The molecular formula is C23H17NO2.